The minimum atomic E-state index is 0.730. The maximum absolute atomic E-state index is 3.58. The molecule has 1 rings (SSSR count). The van der Waals surface area contributed by atoms with Crippen molar-refractivity contribution in [1.82, 2.24) is 4.98 Å². The largest absolute Gasteiger partial charge is 0.257 e. The second-order valence-electron chi connectivity index (χ2n) is 9.92. The van der Waals surface area contributed by atoms with Gasteiger partial charge in [0.15, 0.2) is 0 Å². The van der Waals surface area contributed by atoms with E-state index in [1.54, 1.807) is 0 Å². The molecule has 0 aromatic carbocycles. The van der Waals surface area contributed by atoms with Gasteiger partial charge in [0.25, 0.3) is 5.82 Å². The number of rotatable bonds is 23. The highest BCUT2D eigenvalue weighted by atomic mass is 15.1. The monoisotopic (exact) mass is 433 g/mol. The Kier molecular flexibility index (Phi) is 19.2. The highest BCUT2D eigenvalue weighted by Gasteiger charge is 2.21. The van der Waals surface area contributed by atoms with E-state index < -0.39 is 0 Å². The van der Waals surface area contributed by atoms with E-state index >= 15 is 0 Å². The summed E-state index contributed by atoms with van der Waals surface area (Å²) in [6, 6.07) is 0. The molecular weight excluding hydrogens is 376 g/mol. The van der Waals surface area contributed by atoms with E-state index in [0.717, 1.165) is 12.5 Å². The van der Waals surface area contributed by atoms with Crippen LogP contribution in [0.25, 0.3) is 0 Å². The molecule has 1 N–H and O–H groups in total. The third kappa shape index (κ3) is 14.8. The second kappa shape index (κ2) is 21.1. The molecule has 2 heteroatoms. The molecule has 0 spiro atoms. The Bertz CT molecular complexity index is 479. The molecule has 31 heavy (non-hydrogen) atoms. The Morgan fingerprint density at radius 3 is 1.35 bits per heavy atom. The highest BCUT2D eigenvalue weighted by Crippen LogP contribution is 2.26. The molecule has 1 heterocycles. The van der Waals surface area contributed by atoms with Gasteiger partial charge in [-0.1, -0.05) is 136 Å². The molecule has 0 aliphatic rings. The summed E-state index contributed by atoms with van der Waals surface area (Å²) in [4.78, 5) is 3.58. The Morgan fingerprint density at radius 1 is 0.581 bits per heavy atom. The van der Waals surface area contributed by atoms with Crippen LogP contribution in [0.1, 0.15) is 167 Å². The van der Waals surface area contributed by atoms with Crippen LogP contribution in [0, 0.1) is 0 Å². The van der Waals surface area contributed by atoms with Gasteiger partial charge in [-0.25, -0.2) is 9.55 Å². The summed E-state index contributed by atoms with van der Waals surface area (Å²) < 4.78 is 2.44. The first-order valence-corrected chi connectivity index (χ1v) is 14.4. The molecule has 0 bridgehead atoms. The Balaban J connectivity index is 2.16. The quantitative estimate of drug-likeness (QED) is 0.131. The van der Waals surface area contributed by atoms with Crippen molar-refractivity contribution in [2.45, 2.75) is 168 Å². The summed E-state index contributed by atoms with van der Waals surface area (Å²) in [5, 5.41) is 0. The van der Waals surface area contributed by atoms with Gasteiger partial charge in [-0.05, 0) is 19.8 Å². The molecule has 0 aliphatic carbocycles. The molecule has 0 saturated carbocycles. The molecule has 1 aromatic rings. The van der Waals surface area contributed by atoms with Crippen molar-refractivity contribution in [3.63, 3.8) is 0 Å². The number of hydrogen-bond acceptors (Lipinski definition) is 0. The van der Waals surface area contributed by atoms with Crippen LogP contribution in [-0.2, 0) is 6.54 Å². The highest BCUT2D eigenvalue weighted by molar-refractivity contribution is 4.90. The molecule has 0 amide bonds. The number of hydrogen-bond donors (Lipinski definition) is 1. The first-order chi connectivity index (χ1) is 15.3. The Morgan fingerprint density at radius 2 is 0.968 bits per heavy atom. The first kappa shape index (κ1) is 28.2. The minimum Gasteiger partial charge on any atom is -0.247 e. The van der Waals surface area contributed by atoms with Gasteiger partial charge in [0.05, 0.1) is 12.5 Å². The summed E-state index contributed by atoms with van der Waals surface area (Å²) in [5.74, 6) is 2.21. The predicted octanol–water partition coefficient (Wildman–Crippen LogP) is 9.64. The lowest BCUT2D eigenvalue weighted by atomic mass is 9.93. The van der Waals surface area contributed by atoms with Crippen LogP contribution in [0.2, 0.25) is 0 Å². The zero-order valence-electron chi connectivity index (χ0n) is 21.7. The van der Waals surface area contributed by atoms with Gasteiger partial charge >= 0.3 is 0 Å². The van der Waals surface area contributed by atoms with Gasteiger partial charge < -0.3 is 0 Å². The minimum absolute atomic E-state index is 0.730. The van der Waals surface area contributed by atoms with Crippen LogP contribution >= 0.6 is 0 Å². The SMILES string of the molecule is CCCCCCCCCCCCCC[C@H](CCCCCCCCC)c1[nH]cc[n+]1CC. The lowest BCUT2D eigenvalue weighted by Crippen LogP contribution is -2.36. The summed E-state index contributed by atoms with van der Waals surface area (Å²) >= 11 is 0. The molecule has 0 unspecified atom stereocenters. The third-order valence-corrected chi connectivity index (χ3v) is 7.08. The van der Waals surface area contributed by atoms with E-state index in [9.17, 15) is 0 Å². The van der Waals surface area contributed by atoms with Crippen molar-refractivity contribution in [3.05, 3.63) is 18.2 Å². The third-order valence-electron chi connectivity index (χ3n) is 7.08. The van der Waals surface area contributed by atoms with Crippen molar-refractivity contribution in [2.24, 2.45) is 0 Å². The van der Waals surface area contributed by atoms with Crippen molar-refractivity contribution in [3.8, 4) is 0 Å². The lowest BCUT2D eigenvalue weighted by molar-refractivity contribution is -0.701. The number of H-pyrrole nitrogens is 1. The summed E-state index contributed by atoms with van der Waals surface area (Å²) in [5.41, 5.74) is 0. The average Bonchev–Trinajstić information content (AvgIpc) is 3.26. The smallest absolute Gasteiger partial charge is 0.247 e. The fourth-order valence-corrected chi connectivity index (χ4v) is 5.00. The second-order valence-corrected chi connectivity index (χ2v) is 9.92. The molecule has 0 saturated heterocycles. The predicted molar refractivity (Wildman–Crippen MR) is 138 cm³/mol. The number of imidazole rings is 1. The lowest BCUT2D eigenvalue weighted by Gasteiger charge is -2.14. The Hall–Kier alpha value is -0.790. The maximum Gasteiger partial charge on any atom is 0.257 e. The average molecular weight is 434 g/mol. The van der Waals surface area contributed by atoms with Gasteiger partial charge in [0, 0.05) is 0 Å². The van der Waals surface area contributed by atoms with Gasteiger partial charge in [-0.15, -0.1) is 0 Å². The number of aryl methyl sites for hydroxylation is 1. The maximum atomic E-state index is 3.58. The summed E-state index contributed by atoms with van der Waals surface area (Å²) in [7, 11) is 0. The van der Waals surface area contributed by atoms with E-state index in [1.807, 2.05) is 0 Å². The number of nitrogens with one attached hydrogen (secondary N) is 1. The molecule has 182 valence electrons. The molecule has 1 atom stereocenters. The van der Waals surface area contributed by atoms with E-state index in [2.05, 4.69) is 42.7 Å². The van der Waals surface area contributed by atoms with Gasteiger partial charge in [-0.2, -0.15) is 0 Å². The fourth-order valence-electron chi connectivity index (χ4n) is 5.00. The summed E-state index contributed by atoms with van der Waals surface area (Å²) in [6.07, 6.45) is 34.3. The van der Waals surface area contributed by atoms with Crippen molar-refractivity contribution in [2.75, 3.05) is 0 Å². The van der Waals surface area contributed by atoms with E-state index in [4.69, 9.17) is 0 Å². The van der Waals surface area contributed by atoms with Gasteiger partial charge in [-0.3, -0.25) is 0 Å². The normalized spacial score (nSPS) is 12.5. The molecule has 0 radical (unpaired) electrons. The zero-order chi connectivity index (χ0) is 22.4. The number of unbranched alkanes of at least 4 members (excludes halogenated alkanes) is 17. The van der Waals surface area contributed by atoms with Crippen LogP contribution in [0.3, 0.4) is 0 Å². The molecule has 2 nitrogen and oxygen atoms in total. The molecule has 0 fully saturated rings. The number of nitrogens with zero attached hydrogens (tertiary/aromatic N) is 1. The van der Waals surface area contributed by atoms with Gasteiger partial charge in [0.1, 0.15) is 12.4 Å². The zero-order valence-corrected chi connectivity index (χ0v) is 21.7. The number of aromatic nitrogens is 2. The van der Waals surface area contributed by atoms with Crippen molar-refractivity contribution in [1.29, 1.82) is 0 Å². The van der Waals surface area contributed by atoms with Crippen LogP contribution in [0.15, 0.2) is 12.4 Å². The van der Waals surface area contributed by atoms with Crippen molar-refractivity contribution < 1.29 is 4.57 Å². The molecule has 1 aromatic heterocycles. The fraction of sp³-hybridized carbons (Fsp3) is 0.897. The van der Waals surface area contributed by atoms with Crippen LogP contribution < -0.4 is 4.57 Å². The molecular formula is C29H57N2+. The Labute approximate surface area is 196 Å². The van der Waals surface area contributed by atoms with Crippen LogP contribution in [0.4, 0.5) is 0 Å². The van der Waals surface area contributed by atoms with E-state index in [1.165, 1.54) is 141 Å². The van der Waals surface area contributed by atoms with Crippen molar-refractivity contribution >= 4 is 0 Å². The van der Waals surface area contributed by atoms with Crippen LogP contribution in [-0.4, -0.2) is 4.98 Å². The first-order valence-electron chi connectivity index (χ1n) is 14.4. The summed E-state index contributed by atoms with van der Waals surface area (Å²) in [6.45, 7) is 7.97. The topological polar surface area (TPSA) is 19.7 Å². The van der Waals surface area contributed by atoms with Crippen LogP contribution in [0.5, 0.6) is 0 Å². The van der Waals surface area contributed by atoms with Gasteiger partial charge in [0.2, 0.25) is 0 Å². The standard InChI is InChI=1S/C29H56N2/c1-4-7-9-11-13-14-15-16-17-19-21-23-25-28(29-30-26-27-31(29)6-3)24-22-20-18-12-10-8-5-2/h26-28H,4-25H2,1-3H3/p+1/t28-/m0/s1. The van der Waals surface area contributed by atoms with E-state index in [-0.39, 0.29) is 0 Å². The number of aromatic amines is 1. The molecule has 0 aliphatic heterocycles. The van der Waals surface area contributed by atoms with E-state index in [0.29, 0.717) is 0 Å².